The van der Waals surface area contributed by atoms with Crippen molar-refractivity contribution in [2.24, 2.45) is 4.99 Å². The Bertz CT molecular complexity index is 1590. The Morgan fingerprint density at radius 1 is 0.953 bits per heavy atom. The van der Waals surface area contributed by atoms with E-state index in [9.17, 15) is 5.11 Å². The van der Waals surface area contributed by atoms with Crippen molar-refractivity contribution >= 4 is 54.7 Å². The molecule has 2 heterocycles. The van der Waals surface area contributed by atoms with Gasteiger partial charge in [0.1, 0.15) is 5.82 Å². The van der Waals surface area contributed by atoms with Gasteiger partial charge in [0.15, 0.2) is 5.16 Å². The van der Waals surface area contributed by atoms with Gasteiger partial charge in [-0.3, -0.25) is 4.99 Å². The third-order valence-corrected chi connectivity index (χ3v) is 7.37. The molecule has 0 radical (unpaired) electrons. The molecule has 0 amide bonds. The summed E-state index contributed by atoms with van der Waals surface area (Å²) in [6.45, 7) is 2.80. The molecule has 9 nitrogen and oxygen atoms in total. The number of aryl methyl sites for hydroxylation is 1. The number of hydrogen-bond acceptors (Lipinski definition) is 8. The summed E-state index contributed by atoms with van der Waals surface area (Å²) < 4.78 is 2.18. The van der Waals surface area contributed by atoms with E-state index < -0.39 is 19.8 Å². The Morgan fingerprint density at radius 3 is 2.33 bits per heavy atom. The summed E-state index contributed by atoms with van der Waals surface area (Å²) in [6.07, 6.45) is 3.00. The molecule has 5 aromatic rings. The molecule has 0 spiro atoms. The predicted molar refractivity (Wildman–Crippen MR) is 174 cm³/mol. The van der Waals surface area contributed by atoms with E-state index >= 15 is 0 Å². The first kappa shape index (κ1) is 32.7. The van der Waals surface area contributed by atoms with Crippen LogP contribution < -0.4 is 5.11 Å². The summed E-state index contributed by atoms with van der Waals surface area (Å²) in [5.41, 5.74) is 3.80. The van der Waals surface area contributed by atoms with Gasteiger partial charge in [-0.1, -0.05) is 85.2 Å². The number of nitrogens with one attached hydrogen (secondary N) is 1. The molecule has 0 bridgehead atoms. The number of aromatic amines is 1. The molecule has 0 saturated carbocycles. The molecule has 2 aromatic heterocycles. The average molecular weight is 722 g/mol. The van der Waals surface area contributed by atoms with E-state index in [4.69, 9.17) is 11.6 Å². The van der Waals surface area contributed by atoms with Crippen LogP contribution in [0, 0.1) is 0 Å². The number of rotatable bonds is 11. The zero-order valence-electron chi connectivity index (χ0n) is 24.8. The van der Waals surface area contributed by atoms with E-state index in [1.54, 1.807) is 30.0 Å². The Hall–Kier alpha value is -3.22. The van der Waals surface area contributed by atoms with Crippen LogP contribution in [-0.4, -0.2) is 61.0 Å². The maximum absolute atomic E-state index is 13.0. The second kappa shape index (κ2) is 16.6. The van der Waals surface area contributed by atoms with Gasteiger partial charge < -0.3 is 9.67 Å². The molecule has 1 N–H and O–H groups in total. The minimum absolute atomic E-state index is 0.349. The standard InChI is InChI=1S/C28H27ClN8OS.3CH3.Sn/c1-2-3-8-25-31-34-28(39-18-20-9-13-21(29)14-10-20)37(25)17-19-11-15-22(16-12-19)30-27(38)24-7-5-4-6-23(24)26-32-35-36-33-26;;;;/h4-7,9-16H,2-3,8,17-18H2,1H3,(H,30,38)(H,32,33,35,36);3*1H3;/q;;;;+1/p-1. The molecule has 0 saturated heterocycles. The third-order valence-electron chi connectivity index (χ3n) is 6.08. The molecule has 222 valence electrons. The molecule has 3 aromatic carbocycles. The number of H-pyrrole nitrogens is 1. The third kappa shape index (κ3) is 9.90. The first-order chi connectivity index (χ1) is 20.8. The molecule has 0 unspecified atom stereocenters. The number of aliphatic imine (C=N–C) groups is 1. The second-order valence-corrected chi connectivity index (χ2v) is 20.3. The van der Waals surface area contributed by atoms with Gasteiger partial charge >= 0.3 is 34.6 Å². The quantitative estimate of drug-likeness (QED) is 0.0706. The first-order valence-electron chi connectivity index (χ1n) is 14.1. The molecule has 43 heavy (non-hydrogen) atoms. The van der Waals surface area contributed by atoms with Crippen molar-refractivity contribution < 1.29 is 5.11 Å². The van der Waals surface area contributed by atoms with Crippen LogP contribution in [-0.2, 0) is 18.7 Å². The molecule has 5 rings (SSSR count). The number of hydrogen-bond donors (Lipinski definition) is 1. The van der Waals surface area contributed by atoms with E-state index in [-0.39, 0.29) is 5.90 Å². The topological polar surface area (TPSA) is 121 Å². The van der Waals surface area contributed by atoms with Crippen molar-refractivity contribution in [1.29, 1.82) is 0 Å². The predicted octanol–water partition coefficient (Wildman–Crippen LogP) is 6.60. The number of thioether (sulfide) groups is 1. The number of halogens is 1. The van der Waals surface area contributed by atoms with Crippen LogP contribution in [0.25, 0.3) is 11.4 Å². The fourth-order valence-corrected chi connectivity index (χ4v) is 5.05. The van der Waals surface area contributed by atoms with Crippen LogP contribution in [0.1, 0.15) is 42.3 Å². The van der Waals surface area contributed by atoms with Crippen LogP contribution in [0.5, 0.6) is 0 Å². The van der Waals surface area contributed by atoms with E-state index in [1.807, 2.05) is 54.6 Å². The van der Waals surface area contributed by atoms with Gasteiger partial charge in [-0.15, -0.1) is 20.4 Å². The molecule has 0 atom stereocenters. The van der Waals surface area contributed by atoms with Gasteiger partial charge in [0.05, 0.1) is 12.2 Å². The fraction of sp³-hybridized carbons (Fsp3) is 0.290. The molecule has 12 heteroatoms. The number of aromatic nitrogens is 7. The summed E-state index contributed by atoms with van der Waals surface area (Å²) in [4.78, 5) is 11.4. The van der Waals surface area contributed by atoms with E-state index in [0.717, 1.165) is 46.6 Å². The van der Waals surface area contributed by atoms with E-state index in [0.29, 0.717) is 29.2 Å². The Balaban J connectivity index is 0.000000996. The van der Waals surface area contributed by atoms with Crippen molar-refractivity contribution in [3.8, 4) is 11.4 Å². The van der Waals surface area contributed by atoms with Crippen molar-refractivity contribution in [3.05, 3.63) is 100 Å². The number of nitrogens with zero attached hydrogens (tertiary/aromatic N) is 7. The van der Waals surface area contributed by atoms with Gasteiger partial charge in [0.2, 0.25) is 5.82 Å². The van der Waals surface area contributed by atoms with Gasteiger partial charge in [-0.2, -0.15) is 5.21 Å². The van der Waals surface area contributed by atoms with Gasteiger partial charge in [0, 0.05) is 22.8 Å². The molecular formula is C31H35ClN8OSSn. The van der Waals surface area contributed by atoms with Gasteiger partial charge in [-0.05, 0) is 58.5 Å². The first-order valence-corrected chi connectivity index (χ1v) is 24.0. The average Bonchev–Trinajstić information content (AvgIpc) is 3.67. The van der Waals surface area contributed by atoms with Crippen molar-refractivity contribution in [1.82, 2.24) is 35.4 Å². The molecule has 0 aliphatic carbocycles. The van der Waals surface area contributed by atoms with Gasteiger partial charge in [-0.25, -0.2) is 0 Å². The van der Waals surface area contributed by atoms with Crippen molar-refractivity contribution in [3.63, 3.8) is 0 Å². The van der Waals surface area contributed by atoms with Crippen LogP contribution in [0.2, 0.25) is 19.8 Å². The molecule has 0 aliphatic heterocycles. The Kier molecular flexibility index (Phi) is 12.6. The summed E-state index contributed by atoms with van der Waals surface area (Å²) in [5.74, 6) is 1.72. The Labute approximate surface area is 269 Å². The van der Waals surface area contributed by atoms with Crippen LogP contribution >= 0.6 is 23.4 Å². The monoisotopic (exact) mass is 722 g/mol. The molecular weight excluding hydrogens is 687 g/mol. The summed E-state index contributed by atoms with van der Waals surface area (Å²) in [5, 5.41) is 37.5. The van der Waals surface area contributed by atoms with E-state index in [1.165, 1.54) is 5.56 Å². The minimum atomic E-state index is -0.543. The number of tetrazole rings is 1. The van der Waals surface area contributed by atoms with E-state index in [2.05, 4.69) is 62.1 Å². The summed E-state index contributed by atoms with van der Waals surface area (Å²) >= 11 is 7.14. The summed E-state index contributed by atoms with van der Waals surface area (Å²) in [6, 6.07) is 22.6. The van der Waals surface area contributed by atoms with Crippen LogP contribution in [0.15, 0.2) is 82.9 Å². The number of unbranched alkanes of at least 4 members (excludes halogenated alkanes) is 1. The zero-order valence-corrected chi connectivity index (χ0v) is 29.2. The molecule has 0 fully saturated rings. The number of benzene rings is 3. The van der Waals surface area contributed by atoms with Crippen LogP contribution in [0.3, 0.4) is 0 Å². The normalized spacial score (nSPS) is 11.2. The van der Waals surface area contributed by atoms with Crippen LogP contribution in [0.4, 0.5) is 5.69 Å². The van der Waals surface area contributed by atoms with Gasteiger partial charge in [0.25, 0.3) is 0 Å². The van der Waals surface area contributed by atoms with Crippen molar-refractivity contribution in [2.45, 2.75) is 58.5 Å². The van der Waals surface area contributed by atoms with Crippen molar-refractivity contribution in [2.75, 3.05) is 0 Å². The maximum atomic E-state index is 13.0. The zero-order chi connectivity index (χ0) is 30.6. The summed E-state index contributed by atoms with van der Waals surface area (Å²) in [7, 11) is 0. The fourth-order valence-electron chi connectivity index (χ4n) is 4.01. The Morgan fingerprint density at radius 2 is 1.65 bits per heavy atom. The second-order valence-electron chi connectivity index (χ2n) is 10.4. The molecule has 0 aliphatic rings. The SMILES string of the molecule is CCCCc1nnc(SCc2ccc(Cl)cc2)n1Cc1ccc(N=C([O-])c2ccccc2-c2nn[nH]n2)cc1.[CH3][Sn+]([CH3])[CH3].